The summed E-state index contributed by atoms with van der Waals surface area (Å²) in [5, 5.41) is 21.2. The van der Waals surface area contributed by atoms with Gasteiger partial charge >= 0.3 is 11.8 Å². The third kappa shape index (κ3) is 5.30. The molecule has 2 fully saturated rings. The molecule has 1 saturated carbocycles. The van der Waals surface area contributed by atoms with Crippen LogP contribution in [0, 0.1) is 17.8 Å². The smallest absolute Gasteiger partial charge is 0.308 e. The molecular weight excluding hydrogens is 380 g/mol. The van der Waals surface area contributed by atoms with E-state index in [-0.39, 0.29) is 17.7 Å². The van der Waals surface area contributed by atoms with E-state index in [1.165, 1.54) is 25.7 Å². The average molecular weight is 417 g/mol. The van der Waals surface area contributed by atoms with Crippen molar-refractivity contribution in [1.29, 1.82) is 0 Å². The number of carbonyl (C=O) groups is 1. The molecule has 30 heavy (non-hydrogen) atoms. The van der Waals surface area contributed by atoms with Crippen molar-refractivity contribution in [2.75, 3.05) is 26.2 Å². The van der Waals surface area contributed by atoms with Crippen molar-refractivity contribution in [3.05, 3.63) is 23.9 Å². The van der Waals surface area contributed by atoms with Crippen LogP contribution in [-0.4, -0.2) is 58.4 Å². The number of fused-ring (bicyclic) bond motifs is 1. The molecule has 1 aliphatic heterocycles. The van der Waals surface area contributed by atoms with Crippen LogP contribution in [0.5, 0.6) is 0 Å². The van der Waals surface area contributed by atoms with Crippen molar-refractivity contribution in [3.63, 3.8) is 0 Å². The Morgan fingerprint density at radius 1 is 1.30 bits per heavy atom. The van der Waals surface area contributed by atoms with Gasteiger partial charge in [-0.05, 0) is 62.8 Å². The lowest BCUT2D eigenvalue weighted by molar-refractivity contribution is 0.0245. The largest absolute Gasteiger partial charge is 0.416 e. The van der Waals surface area contributed by atoms with Gasteiger partial charge in [-0.25, -0.2) is 0 Å². The van der Waals surface area contributed by atoms with E-state index in [9.17, 15) is 9.90 Å². The Bertz CT molecular complexity index is 734. The molecule has 1 saturated heterocycles. The number of hydrogen-bond acceptors (Lipinski definition) is 6. The molecule has 166 valence electrons. The molecule has 0 aromatic carbocycles. The number of amides is 1. The fourth-order valence-corrected chi connectivity index (χ4v) is 5.57. The minimum Gasteiger partial charge on any atom is -0.416 e. The van der Waals surface area contributed by atoms with Crippen molar-refractivity contribution in [3.8, 4) is 0 Å². The first-order valence-electron chi connectivity index (χ1n) is 11.8. The minimum atomic E-state index is -0.437. The highest BCUT2D eigenvalue weighted by Crippen LogP contribution is 2.39. The Morgan fingerprint density at radius 3 is 3.03 bits per heavy atom. The van der Waals surface area contributed by atoms with Crippen molar-refractivity contribution in [1.82, 2.24) is 20.4 Å². The van der Waals surface area contributed by atoms with Crippen molar-refractivity contribution < 1.29 is 14.3 Å². The van der Waals surface area contributed by atoms with Gasteiger partial charge in [0.05, 0.1) is 12.0 Å². The van der Waals surface area contributed by atoms with E-state index in [4.69, 9.17) is 4.42 Å². The molecule has 7 nitrogen and oxygen atoms in total. The molecule has 3 aliphatic rings. The lowest BCUT2D eigenvalue weighted by atomic mass is 9.69. The van der Waals surface area contributed by atoms with E-state index in [1.807, 2.05) is 0 Å². The lowest BCUT2D eigenvalue weighted by Crippen LogP contribution is -2.46. The molecule has 0 radical (unpaired) electrons. The number of aliphatic hydroxyl groups is 1. The number of nitrogens with one attached hydrogen (secondary N) is 1. The molecule has 1 aromatic heterocycles. The summed E-state index contributed by atoms with van der Waals surface area (Å²) in [4.78, 5) is 14.7. The Labute approximate surface area is 179 Å². The number of likely N-dealkylation sites (tertiary alicyclic amines) is 1. The quantitative estimate of drug-likeness (QED) is 0.664. The number of rotatable bonds is 7. The van der Waals surface area contributed by atoms with Crippen molar-refractivity contribution in [2.24, 2.45) is 17.8 Å². The Hall–Kier alpha value is -1.73. The zero-order chi connectivity index (χ0) is 20.9. The molecule has 2 N–H and O–H groups in total. The molecule has 1 amide bonds. The number of hydrogen-bond donors (Lipinski definition) is 2. The van der Waals surface area contributed by atoms with Gasteiger partial charge in [0, 0.05) is 19.6 Å². The van der Waals surface area contributed by atoms with Crippen LogP contribution in [0.15, 0.2) is 16.6 Å². The third-order valence-corrected chi connectivity index (χ3v) is 7.28. The molecule has 0 spiro atoms. The fraction of sp³-hybridized carbons (Fsp3) is 0.783. The maximum absolute atomic E-state index is 12.3. The Balaban J connectivity index is 1.17. The molecule has 7 heteroatoms. The van der Waals surface area contributed by atoms with Crippen LogP contribution in [0.2, 0.25) is 0 Å². The maximum Gasteiger partial charge on any atom is 0.308 e. The summed E-state index contributed by atoms with van der Waals surface area (Å²) in [7, 11) is 0. The Kier molecular flexibility index (Phi) is 7.20. The fourth-order valence-electron chi connectivity index (χ4n) is 5.57. The molecule has 2 aliphatic carbocycles. The van der Waals surface area contributed by atoms with Gasteiger partial charge < -0.3 is 19.7 Å². The second kappa shape index (κ2) is 10.1. The minimum absolute atomic E-state index is 0.00644. The molecule has 4 unspecified atom stereocenters. The summed E-state index contributed by atoms with van der Waals surface area (Å²) in [6, 6.07) is 0. The summed E-state index contributed by atoms with van der Waals surface area (Å²) < 4.78 is 5.57. The van der Waals surface area contributed by atoms with Crippen LogP contribution in [0.3, 0.4) is 0 Å². The van der Waals surface area contributed by atoms with E-state index in [0.29, 0.717) is 25.4 Å². The van der Waals surface area contributed by atoms with Gasteiger partial charge in [-0.1, -0.05) is 31.9 Å². The zero-order valence-electron chi connectivity index (χ0n) is 18.1. The molecule has 1 aromatic rings. The second-order valence-corrected chi connectivity index (χ2v) is 9.49. The number of aromatic nitrogens is 2. The molecule has 5 atom stereocenters. The maximum atomic E-state index is 12.3. The molecular formula is C23H36N4O3. The van der Waals surface area contributed by atoms with Crippen LogP contribution in [-0.2, 0) is 0 Å². The first-order valence-corrected chi connectivity index (χ1v) is 11.8. The van der Waals surface area contributed by atoms with Crippen LogP contribution < -0.4 is 5.32 Å². The van der Waals surface area contributed by atoms with E-state index in [2.05, 4.69) is 39.5 Å². The Morgan fingerprint density at radius 2 is 2.20 bits per heavy atom. The zero-order valence-corrected chi connectivity index (χ0v) is 18.1. The number of carbonyl (C=O) groups excluding carboxylic acids is 1. The third-order valence-electron chi connectivity index (χ3n) is 7.28. The monoisotopic (exact) mass is 416 g/mol. The predicted octanol–water partition coefficient (Wildman–Crippen LogP) is 3.13. The molecule has 0 bridgehead atoms. The summed E-state index contributed by atoms with van der Waals surface area (Å²) >= 11 is 0. The van der Waals surface area contributed by atoms with E-state index in [0.717, 1.165) is 50.1 Å². The first kappa shape index (κ1) is 21.5. The van der Waals surface area contributed by atoms with Crippen LogP contribution >= 0.6 is 0 Å². The van der Waals surface area contributed by atoms with Crippen molar-refractivity contribution >= 4 is 5.91 Å². The van der Waals surface area contributed by atoms with E-state index >= 15 is 0 Å². The molecule has 4 rings (SSSR count). The van der Waals surface area contributed by atoms with E-state index < -0.39 is 6.10 Å². The van der Waals surface area contributed by atoms with Gasteiger partial charge in [0.25, 0.3) is 0 Å². The highest BCUT2D eigenvalue weighted by atomic mass is 16.4. The summed E-state index contributed by atoms with van der Waals surface area (Å²) in [5.41, 5.74) is 0. The molecule has 2 heterocycles. The van der Waals surface area contributed by atoms with Gasteiger partial charge in [0.15, 0.2) is 0 Å². The van der Waals surface area contributed by atoms with E-state index in [1.54, 1.807) is 0 Å². The summed E-state index contributed by atoms with van der Waals surface area (Å²) in [6.45, 7) is 5.68. The number of aliphatic hydroxyl groups excluding tert-OH is 1. The van der Waals surface area contributed by atoms with Crippen LogP contribution in [0.1, 0.15) is 80.8 Å². The standard InChI is InChI=1S/C23H36N4O3/c1-16-6-5-9-18-14-27(13-11-20(16)18)15-19(28)10-12-24-21(29)23-26-25-22(30-23)17-7-3-2-4-8-17/h3,7,16-20,28H,2,4-6,8-15H2,1H3,(H,24,29)/t16-,17?,18?,19?,20?/m1/s1. The van der Waals surface area contributed by atoms with Crippen LogP contribution in [0.25, 0.3) is 0 Å². The number of nitrogens with zero attached hydrogens (tertiary/aromatic N) is 3. The number of allylic oxidation sites excluding steroid dienone is 2. The normalized spacial score (nSPS) is 30.6. The van der Waals surface area contributed by atoms with Gasteiger partial charge in [-0.3, -0.25) is 4.79 Å². The number of β-amino-alcohol motifs (C(OH)–C–C–N with tert-alkyl or cyclic N) is 1. The van der Waals surface area contributed by atoms with Gasteiger partial charge in [-0.15, -0.1) is 10.2 Å². The van der Waals surface area contributed by atoms with Crippen LogP contribution in [0.4, 0.5) is 0 Å². The summed E-state index contributed by atoms with van der Waals surface area (Å²) in [5.74, 6) is 2.78. The lowest BCUT2D eigenvalue weighted by Gasteiger charge is -2.44. The van der Waals surface area contributed by atoms with Gasteiger partial charge in [0.1, 0.15) is 0 Å². The number of piperidine rings is 1. The topological polar surface area (TPSA) is 91.5 Å². The highest BCUT2D eigenvalue weighted by Gasteiger charge is 2.35. The first-order chi connectivity index (χ1) is 14.6. The van der Waals surface area contributed by atoms with Gasteiger partial charge in [0.2, 0.25) is 5.89 Å². The van der Waals surface area contributed by atoms with Gasteiger partial charge in [-0.2, -0.15) is 0 Å². The summed E-state index contributed by atoms with van der Waals surface area (Å²) in [6.07, 6.45) is 12.8. The second-order valence-electron chi connectivity index (χ2n) is 9.49. The average Bonchev–Trinajstić information content (AvgIpc) is 3.25. The predicted molar refractivity (Wildman–Crippen MR) is 114 cm³/mol. The SMILES string of the molecule is C[C@@H]1CCCC2CN(CC(O)CCNC(=O)c3nnc(C4C=CCCC4)o3)CCC21. The highest BCUT2D eigenvalue weighted by molar-refractivity contribution is 5.89. The van der Waals surface area contributed by atoms with Crippen molar-refractivity contribution in [2.45, 2.75) is 70.3 Å².